The van der Waals surface area contributed by atoms with Crippen LogP contribution in [-0.4, -0.2) is 46.5 Å². The molecule has 1 amide bonds. The fraction of sp³-hybridized carbons (Fsp3) is 0.591. The number of aromatic nitrogens is 1. The Bertz CT molecular complexity index is 897. The zero-order chi connectivity index (χ0) is 18.7. The average molecular weight is 386 g/mol. The molecule has 4 heterocycles. The number of nitrogens with zero attached hydrogens (tertiary/aromatic N) is 3. The molecule has 2 fully saturated rings. The summed E-state index contributed by atoms with van der Waals surface area (Å²) in [6.07, 6.45) is 5.74. The lowest BCUT2D eigenvalue weighted by molar-refractivity contribution is -0.133. The van der Waals surface area contributed by atoms with E-state index in [1.54, 1.807) is 0 Å². The summed E-state index contributed by atoms with van der Waals surface area (Å²) in [5, 5.41) is 2.02. The number of fused-ring (bicyclic) bond motifs is 6. The standard InChI is InChI=1S/C22H28ClN3O/c1-14-7-9-25(10-8-14)21(27)13-26-18-5-3-15(23)11-17(18)22-19-6-4-16(24(19)2)12-20(22)26/h3,5,11,14,16,19H,4,6-10,12-13H2,1-2H3. The van der Waals surface area contributed by atoms with Crippen molar-refractivity contribution in [3.63, 3.8) is 0 Å². The van der Waals surface area contributed by atoms with Crippen LogP contribution in [0, 0.1) is 5.92 Å². The van der Waals surface area contributed by atoms with Crippen molar-refractivity contribution in [2.45, 2.75) is 57.7 Å². The molecular formula is C22H28ClN3O. The van der Waals surface area contributed by atoms with E-state index in [0.29, 0.717) is 18.6 Å². The molecule has 144 valence electrons. The summed E-state index contributed by atoms with van der Waals surface area (Å²) >= 11 is 6.35. The zero-order valence-corrected chi connectivity index (χ0v) is 17.0. The van der Waals surface area contributed by atoms with Gasteiger partial charge >= 0.3 is 0 Å². The maximum Gasteiger partial charge on any atom is 0.242 e. The van der Waals surface area contributed by atoms with Gasteiger partial charge in [-0.15, -0.1) is 0 Å². The quantitative estimate of drug-likeness (QED) is 0.773. The Balaban J connectivity index is 1.55. The predicted molar refractivity (Wildman–Crippen MR) is 109 cm³/mol. The summed E-state index contributed by atoms with van der Waals surface area (Å²) in [4.78, 5) is 17.7. The van der Waals surface area contributed by atoms with Crippen molar-refractivity contribution in [1.82, 2.24) is 14.4 Å². The molecule has 2 aromatic rings. The second-order valence-electron chi connectivity index (χ2n) is 8.79. The fourth-order valence-electron chi connectivity index (χ4n) is 5.50. The van der Waals surface area contributed by atoms with Crippen LogP contribution in [-0.2, 0) is 17.8 Å². The first-order chi connectivity index (χ1) is 13.0. The lowest BCUT2D eigenvalue weighted by Gasteiger charge is -2.33. The predicted octanol–water partition coefficient (Wildman–Crippen LogP) is 4.24. The molecule has 2 saturated heterocycles. The summed E-state index contributed by atoms with van der Waals surface area (Å²) in [6, 6.07) is 7.24. The lowest BCUT2D eigenvalue weighted by Crippen LogP contribution is -2.40. The van der Waals surface area contributed by atoms with E-state index >= 15 is 0 Å². The van der Waals surface area contributed by atoms with Gasteiger partial charge in [0.2, 0.25) is 5.91 Å². The fourth-order valence-corrected chi connectivity index (χ4v) is 5.67. The molecule has 3 aliphatic rings. The highest BCUT2D eigenvalue weighted by Crippen LogP contribution is 2.47. The Morgan fingerprint density at radius 1 is 1.19 bits per heavy atom. The van der Waals surface area contributed by atoms with E-state index in [0.717, 1.165) is 43.3 Å². The number of likely N-dealkylation sites (N-methyl/N-ethyl adjacent to an activating group) is 1. The summed E-state index contributed by atoms with van der Waals surface area (Å²) in [5.74, 6) is 1.00. The van der Waals surface area contributed by atoms with Gasteiger partial charge in [0.15, 0.2) is 0 Å². The van der Waals surface area contributed by atoms with Crippen molar-refractivity contribution in [2.24, 2.45) is 5.92 Å². The van der Waals surface area contributed by atoms with Gasteiger partial charge in [-0.25, -0.2) is 0 Å². The van der Waals surface area contributed by atoms with E-state index < -0.39 is 0 Å². The number of hydrogen-bond donors (Lipinski definition) is 0. The Morgan fingerprint density at radius 3 is 2.74 bits per heavy atom. The first-order valence-electron chi connectivity index (χ1n) is 10.3. The van der Waals surface area contributed by atoms with Crippen molar-refractivity contribution in [3.05, 3.63) is 34.5 Å². The van der Waals surface area contributed by atoms with Crippen molar-refractivity contribution in [2.75, 3.05) is 20.1 Å². The van der Waals surface area contributed by atoms with Crippen molar-refractivity contribution in [1.29, 1.82) is 0 Å². The van der Waals surface area contributed by atoms with Crippen LogP contribution in [0.2, 0.25) is 5.02 Å². The molecule has 2 atom stereocenters. The van der Waals surface area contributed by atoms with Gasteiger partial charge in [0, 0.05) is 53.2 Å². The summed E-state index contributed by atoms with van der Waals surface area (Å²) < 4.78 is 2.31. The third-order valence-corrected chi connectivity index (χ3v) is 7.44. The third-order valence-electron chi connectivity index (χ3n) is 7.21. The van der Waals surface area contributed by atoms with Crippen molar-refractivity contribution < 1.29 is 4.79 Å². The SMILES string of the molecule is CC1CCN(C(=O)Cn2c3c(c4cc(Cl)ccc42)C2CCC(C3)N2C)CC1. The topological polar surface area (TPSA) is 28.5 Å². The molecule has 2 bridgehead atoms. The minimum absolute atomic E-state index is 0.267. The molecule has 0 radical (unpaired) electrons. The number of hydrogen-bond acceptors (Lipinski definition) is 2. The molecule has 0 spiro atoms. The number of carbonyl (C=O) groups excluding carboxylic acids is 1. The number of likely N-dealkylation sites (tertiary alicyclic amines) is 1. The van der Waals surface area contributed by atoms with Gasteiger partial charge in [0.05, 0.1) is 0 Å². The normalized spacial score (nSPS) is 26.0. The maximum atomic E-state index is 13.1. The first-order valence-corrected chi connectivity index (χ1v) is 10.7. The Hall–Kier alpha value is -1.52. The molecule has 0 saturated carbocycles. The zero-order valence-electron chi connectivity index (χ0n) is 16.2. The minimum atomic E-state index is 0.267. The molecule has 27 heavy (non-hydrogen) atoms. The van der Waals surface area contributed by atoms with Gasteiger partial charge in [-0.05, 0) is 62.4 Å². The Labute approximate surface area is 166 Å². The van der Waals surface area contributed by atoms with E-state index in [1.807, 2.05) is 6.07 Å². The van der Waals surface area contributed by atoms with Gasteiger partial charge in [0.25, 0.3) is 0 Å². The highest BCUT2D eigenvalue weighted by Gasteiger charge is 2.41. The lowest BCUT2D eigenvalue weighted by atomic mass is 9.97. The third kappa shape index (κ3) is 2.80. The van der Waals surface area contributed by atoms with Crippen LogP contribution in [0.15, 0.2) is 18.2 Å². The Kier molecular flexibility index (Phi) is 4.25. The molecule has 5 rings (SSSR count). The van der Waals surface area contributed by atoms with E-state index in [1.165, 1.54) is 35.0 Å². The molecule has 3 aliphatic heterocycles. The van der Waals surface area contributed by atoms with Crippen molar-refractivity contribution >= 4 is 28.4 Å². The average Bonchev–Trinajstić information content (AvgIpc) is 3.06. The van der Waals surface area contributed by atoms with Crippen LogP contribution in [0.3, 0.4) is 0 Å². The van der Waals surface area contributed by atoms with Crippen LogP contribution >= 0.6 is 11.6 Å². The largest absolute Gasteiger partial charge is 0.341 e. The summed E-state index contributed by atoms with van der Waals surface area (Å²) in [6.45, 7) is 4.56. The highest BCUT2D eigenvalue weighted by molar-refractivity contribution is 6.31. The molecule has 5 heteroatoms. The van der Waals surface area contributed by atoms with E-state index in [4.69, 9.17) is 11.6 Å². The van der Waals surface area contributed by atoms with Crippen LogP contribution in [0.25, 0.3) is 10.9 Å². The van der Waals surface area contributed by atoms with E-state index in [-0.39, 0.29) is 5.91 Å². The van der Waals surface area contributed by atoms with Crippen LogP contribution in [0.4, 0.5) is 0 Å². The van der Waals surface area contributed by atoms with Gasteiger partial charge in [-0.1, -0.05) is 18.5 Å². The minimum Gasteiger partial charge on any atom is -0.341 e. The number of halogens is 1. The van der Waals surface area contributed by atoms with E-state index in [9.17, 15) is 4.79 Å². The smallest absolute Gasteiger partial charge is 0.242 e. The molecular weight excluding hydrogens is 358 g/mol. The number of benzene rings is 1. The first kappa shape index (κ1) is 17.6. The Morgan fingerprint density at radius 2 is 1.96 bits per heavy atom. The number of piperidine rings is 1. The molecule has 0 N–H and O–H groups in total. The van der Waals surface area contributed by atoms with Gasteiger partial charge in [-0.3, -0.25) is 9.69 Å². The molecule has 1 aromatic heterocycles. The molecule has 1 aromatic carbocycles. The second-order valence-corrected chi connectivity index (χ2v) is 9.22. The maximum absolute atomic E-state index is 13.1. The second kappa shape index (κ2) is 6.52. The van der Waals surface area contributed by atoms with Crippen molar-refractivity contribution in [3.8, 4) is 0 Å². The van der Waals surface area contributed by atoms with Gasteiger partial charge < -0.3 is 9.47 Å². The molecule has 2 unspecified atom stereocenters. The molecule has 4 nitrogen and oxygen atoms in total. The number of amides is 1. The highest BCUT2D eigenvalue weighted by atomic mass is 35.5. The monoisotopic (exact) mass is 385 g/mol. The molecule has 0 aliphatic carbocycles. The summed E-state index contributed by atoms with van der Waals surface area (Å²) in [7, 11) is 2.25. The van der Waals surface area contributed by atoms with Crippen LogP contribution in [0.5, 0.6) is 0 Å². The van der Waals surface area contributed by atoms with Crippen LogP contribution in [0.1, 0.15) is 49.9 Å². The van der Waals surface area contributed by atoms with Gasteiger partial charge in [-0.2, -0.15) is 0 Å². The van der Waals surface area contributed by atoms with Crippen LogP contribution < -0.4 is 0 Å². The number of carbonyl (C=O) groups is 1. The van der Waals surface area contributed by atoms with Gasteiger partial charge in [0.1, 0.15) is 6.54 Å². The number of rotatable bonds is 2. The van der Waals surface area contributed by atoms with E-state index in [2.05, 4.69) is 40.5 Å². The summed E-state index contributed by atoms with van der Waals surface area (Å²) in [5.41, 5.74) is 3.96.